The van der Waals surface area contributed by atoms with Gasteiger partial charge in [-0.3, -0.25) is 0 Å². The minimum absolute atomic E-state index is 0.168. The van der Waals surface area contributed by atoms with Crippen molar-refractivity contribution >= 4 is 10.8 Å². The molecule has 0 saturated heterocycles. The molecule has 3 aromatic rings. The summed E-state index contributed by atoms with van der Waals surface area (Å²) < 4.78 is 1.95. The molecule has 0 fully saturated rings. The second-order valence-corrected chi connectivity index (χ2v) is 5.04. The number of nitrogens with one attached hydrogen (secondary N) is 1. The lowest BCUT2D eigenvalue weighted by Gasteiger charge is -2.14. The largest absolute Gasteiger partial charge is 0.319 e. The number of benzene rings is 2. The van der Waals surface area contributed by atoms with Gasteiger partial charge < -0.3 is 9.88 Å². The average molecular weight is 266 g/mol. The van der Waals surface area contributed by atoms with Crippen LogP contribution >= 0.6 is 0 Å². The number of hydrogen-bond donors (Lipinski definition) is 1. The fraction of sp³-hybridized carbons (Fsp3) is 0.250. The molecule has 0 amide bonds. The smallest absolute Gasteiger partial charge is 0.149 e. The first-order valence-electron chi connectivity index (χ1n) is 6.79. The van der Waals surface area contributed by atoms with E-state index < -0.39 is 0 Å². The van der Waals surface area contributed by atoms with E-state index in [1.807, 2.05) is 11.6 Å². The highest BCUT2D eigenvalue weighted by atomic mass is 15.3. The Morgan fingerprint density at radius 2 is 1.95 bits per heavy atom. The second-order valence-electron chi connectivity index (χ2n) is 5.04. The Bertz CT molecular complexity index is 712. The Hall–Kier alpha value is -2.20. The summed E-state index contributed by atoms with van der Waals surface area (Å²) in [6.07, 6.45) is 1.73. The average Bonchev–Trinajstić information content (AvgIpc) is 2.91. The molecule has 0 aliphatic rings. The summed E-state index contributed by atoms with van der Waals surface area (Å²) in [7, 11) is 1.96. The molecule has 0 bridgehead atoms. The molecule has 1 aromatic heterocycles. The Kier molecular flexibility index (Phi) is 3.48. The van der Waals surface area contributed by atoms with Crippen LogP contribution in [0, 0.1) is 0 Å². The summed E-state index contributed by atoms with van der Waals surface area (Å²) in [4.78, 5) is 0. The van der Waals surface area contributed by atoms with Crippen LogP contribution in [-0.4, -0.2) is 14.8 Å². The fourth-order valence-electron chi connectivity index (χ4n) is 2.49. The van der Waals surface area contributed by atoms with E-state index in [4.69, 9.17) is 0 Å². The van der Waals surface area contributed by atoms with Crippen molar-refractivity contribution in [2.24, 2.45) is 7.05 Å². The number of hydrogen-bond acceptors (Lipinski definition) is 3. The van der Waals surface area contributed by atoms with Gasteiger partial charge in [0.25, 0.3) is 0 Å². The van der Waals surface area contributed by atoms with Crippen LogP contribution in [0.3, 0.4) is 0 Å². The predicted molar refractivity (Wildman–Crippen MR) is 80.2 cm³/mol. The van der Waals surface area contributed by atoms with Gasteiger partial charge in [0.05, 0.1) is 6.04 Å². The first-order valence-corrected chi connectivity index (χ1v) is 6.79. The Morgan fingerprint density at radius 3 is 2.75 bits per heavy atom. The SMILES string of the molecule is CC(NCc1cccc2ccccc12)c1nncn1C. The monoisotopic (exact) mass is 266 g/mol. The highest BCUT2D eigenvalue weighted by Crippen LogP contribution is 2.19. The quantitative estimate of drug-likeness (QED) is 0.789. The minimum atomic E-state index is 0.168. The molecule has 102 valence electrons. The van der Waals surface area contributed by atoms with Crippen LogP contribution in [0.2, 0.25) is 0 Å². The van der Waals surface area contributed by atoms with Crippen molar-refractivity contribution in [1.82, 2.24) is 20.1 Å². The molecule has 0 aliphatic heterocycles. The van der Waals surface area contributed by atoms with Gasteiger partial charge in [-0.1, -0.05) is 42.5 Å². The summed E-state index contributed by atoms with van der Waals surface area (Å²) in [5.41, 5.74) is 1.30. The maximum absolute atomic E-state index is 4.14. The zero-order valence-electron chi connectivity index (χ0n) is 11.7. The lowest BCUT2D eigenvalue weighted by Crippen LogP contribution is -2.21. The van der Waals surface area contributed by atoms with E-state index in [-0.39, 0.29) is 6.04 Å². The van der Waals surface area contributed by atoms with Crippen LogP contribution in [0.25, 0.3) is 10.8 Å². The molecule has 1 N–H and O–H groups in total. The number of nitrogens with zero attached hydrogens (tertiary/aromatic N) is 3. The molecule has 1 atom stereocenters. The molecule has 4 heteroatoms. The first-order chi connectivity index (χ1) is 9.75. The van der Waals surface area contributed by atoms with Gasteiger partial charge in [0.15, 0.2) is 0 Å². The highest BCUT2D eigenvalue weighted by molar-refractivity contribution is 5.85. The van der Waals surface area contributed by atoms with Crippen molar-refractivity contribution in [3.05, 3.63) is 60.2 Å². The molecule has 3 rings (SSSR count). The Labute approximate surface area is 118 Å². The van der Waals surface area contributed by atoms with E-state index in [1.165, 1.54) is 16.3 Å². The molecule has 1 heterocycles. The number of fused-ring (bicyclic) bond motifs is 1. The van der Waals surface area contributed by atoms with Crippen molar-refractivity contribution in [3.63, 3.8) is 0 Å². The number of aromatic nitrogens is 3. The summed E-state index contributed by atoms with van der Waals surface area (Å²) in [5, 5.41) is 14.1. The molecule has 0 aliphatic carbocycles. The lowest BCUT2D eigenvalue weighted by molar-refractivity contribution is 0.529. The normalized spacial score (nSPS) is 12.7. The summed E-state index contributed by atoms with van der Waals surface area (Å²) in [6.45, 7) is 2.92. The molecule has 0 spiro atoms. The minimum Gasteiger partial charge on any atom is -0.319 e. The van der Waals surface area contributed by atoms with Crippen LogP contribution < -0.4 is 5.32 Å². The molecule has 0 saturated carbocycles. The molecule has 4 nitrogen and oxygen atoms in total. The number of aryl methyl sites for hydroxylation is 1. The maximum Gasteiger partial charge on any atom is 0.149 e. The van der Waals surface area contributed by atoms with Gasteiger partial charge in [0.2, 0.25) is 0 Å². The van der Waals surface area contributed by atoms with Gasteiger partial charge in [0.1, 0.15) is 12.2 Å². The standard InChI is InChI=1S/C16H18N4/c1-12(16-19-18-11-20(16)2)17-10-14-8-5-7-13-6-3-4-9-15(13)14/h3-9,11-12,17H,10H2,1-2H3. The maximum atomic E-state index is 4.14. The van der Waals surface area contributed by atoms with E-state index in [0.717, 1.165) is 12.4 Å². The van der Waals surface area contributed by atoms with E-state index in [1.54, 1.807) is 6.33 Å². The summed E-state index contributed by atoms with van der Waals surface area (Å²) in [6, 6.07) is 15.0. The third-order valence-electron chi connectivity index (χ3n) is 3.61. The number of rotatable bonds is 4. The Balaban J connectivity index is 1.79. The van der Waals surface area contributed by atoms with Crippen LogP contribution in [-0.2, 0) is 13.6 Å². The zero-order chi connectivity index (χ0) is 13.9. The lowest BCUT2D eigenvalue weighted by atomic mass is 10.0. The first kappa shape index (κ1) is 12.8. The van der Waals surface area contributed by atoms with Gasteiger partial charge in [0, 0.05) is 13.6 Å². The molecule has 2 aromatic carbocycles. The van der Waals surface area contributed by atoms with Gasteiger partial charge in [-0.05, 0) is 23.3 Å². The van der Waals surface area contributed by atoms with E-state index in [0.29, 0.717) is 0 Å². The predicted octanol–water partition coefficient (Wildman–Crippen LogP) is 2.82. The van der Waals surface area contributed by atoms with Crippen LogP contribution in [0.4, 0.5) is 0 Å². The molecule has 1 unspecified atom stereocenters. The van der Waals surface area contributed by atoms with Crippen molar-refractivity contribution in [1.29, 1.82) is 0 Å². The van der Waals surface area contributed by atoms with Crippen molar-refractivity contribution < 1.29 is 0 Å². The molecular formula is C16H18N4. The zero-order valence-corrected chi connectivity index (χ0v) is 11.7. The van der Waals surface area contributed by atoms with Crippen molar-refractivity contribution in [3.8, 4) is 0 Å². The van der Waals surface area contributed by atoms with Crippen LogP contribution in [0.1, 0.15) is 24.4 Å². The van der Waals surface area contributed by atoms with Crippen LogP contribution in [0.5, 0.6) is 0 Å². The fourth-order valence-corrected chi connectivity index (χ4v) is 2.49. The van der Waals surface area contributed by atoms with Crippen molar-refractivity contribution in [2.75, 3.05) is 0 Å². The molecule has 20 heavy (non-hydrogen) atoms. The van der Waals surface area contributed by atoms with Crippen molar-refractivity contribution in [2.45, 2.75) is 19.5 Å². The molecule has 0 radical (unpaired) electrons. The Morgan fingerprint density at radius 1 is 1.15 bits per heavy atom. The van der Waals surface area contributed by atoms with Crippen LogP contribution in [0.15, 0.2) is 48.8 Å². The summed E-state index contributed by atoms with van der Waals surface area (Å²) >= 11 is 0. The third-order valence-corrected chi connectivity index (χ3v) is 3.61. The molecular weight excluding hydrogens is 248 g/mol. The van der Waals surface area contributed by atoms with Gasteiger partial charge in [-0.15, -0.1) is 10.2 Å². The van der Waals surface area contributed by atoms with Gasteiger partial charge in [-0.25, -0.2) is 0 Å². The second kappa shape index (κ2) is 5.43. The van der Waals surface area contributed by atoms with Gasteiger partial charge in [-0.2, -0.15) is 0 Å². The third kappa shape index (κ3) is 2.42. The summed E-state index contributed by atoms with van der Waals surface area (Å²) in [5.74, 6) is 0.949. The van der Waals surface area contributed by atoms with Gasteiger partial charge >= 0.3 is 0 Å². The van der Waals surface area contributed by atoms with E-state index in [9.17, 15) is 0 Å². The highest BCUT2D eigenvalue weighted by Gasteiger charge is 2.11. The van der Waals surface area contributed by atoms with E-state index >= 15 is 0 Å². The topological polar surface area (TPSA) is 42.7 Å². The van der Waals surface area contributed by atoms with E-state index in [2.05, 4.69) is 64.9 Å².